The van der Waals surface area contributed by atoms with Crippen LogP contribution in [0.4, 0.5) is 10.1 Å². The zero-order chi connectivity index (χ0) is 22.9. The highest BCUT2D eigenvalue weighted by Gasteiger charge is 2.41. The van der Waals surface area contributed by atoms with Crippen LogP contribution in [0.3, 0.4) is 0 Å². The second-order valence-electron chi connectivity index (χ2n) is 8.40. The van der Waals surface area contributed by atoms with Crippen LogP contribution >= 0.6 is 11.3 Å². The Balaban J connectivity index is 1.52. The molecular weight excluding hydrogens is 435 g/mol. The van der Waals surface area contributed by atoms with E-state index < -0.39 is 5.92 Å². The molecule has 6 heteroatoms. The van der Waals surface area contributed by atoms with Crippen molar-refractivity contribution in [2.75, 3.05) is 5.32 Å². The number of dihydropyridines is 1. The van der Waals surface area contributed by atoms with E-state index in [0.717, 1.165) is 28.3 Å². The second kappa shape index (κ2) is 8.79. The predicted molar refractivity (Wildman–Crippen MR) is 128 cm³/mol. The molecule has 2 N–H and O–H groups in total. The summed E-state index contributed by atoms with van der Waals surface area (Å²) in [5, 5.41) is 8.22. The maximum atomic E-state index is 13.5. The highest BCUT2D eigenvalue weighted by Crippen LogP contribution is 2.46. The summed E-state index contributed by atoms with van der Waals surface area (Å²) in [6, 6.07) is 19.7. The molecule has 1 amide bonds. The van der Waals surface area contributed by atoms with E-state index in [9.17, 15) is 14.0 Å². The van der Waals surface area contributed by atoms with Gasteiger partial charge in [-0.2, -0.15) is 0 Å². The van der Waals surface area contributed by atoms with Gasteiger partial charge in [0, 0.05) is 39.5 Å². The lowest BCUT2D eigenvalue weighted by Gasteiger charge is -2.36. The molecule has 0 bridgehead atoms. The minimum atomic E-state index is -0.425. The summed E-state index contributed by atoms with van der Waals surface area (Å²) < 4.78 is 13.3. The van der Waals surface area contributed by atoms with E-state index in [4.69, 9.17) is 0 Å². The Kier molecular flexibility index (Phi) is 5.68. The second-order valence-corrected chi connectivity index (χ2v) is 9.38. The van der Waals surface area contributed by atoms with Crippen molar-refractivity contribution in [2.45, 2.75) is 31.6 Å². The van der Waals surface area contributed by atoms with Gasteiger partial charge in [0.1, 0.15) is 5.82 Å². The maximum absolute atomic E-state index is 13.5. The third-order valence-corrected chi connectivity index (χ3v) is 7.21. The lowest BCUT2D eigenvalue weighted by Crippen LogP contribution is -2.36. The number of carbonyl (C=O) groups excluding carboxylic acids is 2. The van der Waals surface area contributed by atoms with Gasteiger partial charge in [0.2, 0.25) is 0 Å². The third kappa shape index (κ3) is 4.14. The molecule has 0 unspecified atom stereocenters. The van der Waals surface area contributed by atoms with Crippen LogP contribution in [0, 0.1) is 5.82 Å². The first-order valence-corrected chi connectivity index (χ1v) is 11.8. The molecule has 2 aromatic carbocycles. The molecule has 5 rings (SSSR count). The molecule has 166 valence electrons. The minimum absolute atomic E-state index is 0.0654. The Hall–Kier alpha value is -3.51. The number of hydrogen-bond acceptors (Lipinski definition) is 4. The first-order chi connectivity index (χ1) is 16.0. The molecule has 2 atom stereocenters. The zero-order valence-electron chi connectivity index (χ0n) is 18.1. The molecule has 1 aromatic heterocycles. The van der Waals surface area contributed by atoms with Crippen molar-refractivity contribution in [3.8, 4) is 0 Å². The number of ketones is 1. The zero-order valence-corrected chi connectivity index (χ0v) is 18.9. The molecule has 2 aliphatic rings. The molecule has 1 aliphatic carbocycles. The van der Waals surface area contributed by atoms with E-state index in [1.807, 2.05) is 42.6 Å². The summed E-state index contributed by atoms with van der Waals surface area (Å²) in [5.41, 5.74) is 4.48. The van der Waals surface area contributed by atoms with E-state index in [0.29, 0.717) is 23.3 Å². The van der Waals surface area contributed by atoms with Gasteiger partial charge in [-0.3, -0.25) is 9.59 Å². The van der Waals surface area contributed by atoms with E-state index in [1.54, 1.807) is 0 Å². The van der Waals surface area contributed by atoms with E-state index in [-0.39, 0.29) is 23.4 Å². The highest BCUT2D eigenvalue weighted by molar-refractivity contribution is 7.10. The molecule has 33 heavy (non-hydrogen) atoms. The van der Waals surface area contributed by atoms with E-state index in [1.165, 1.54) is 35.6 Å². The Morgan fingerprint density at radius 3 is 2.48 bits per heavy atom. The number of anilines is 1. The molecular formula is C27H23FN2O2S. The normalized spacial score (nSPS) is 20.4. The number of benzene rings is 2. The molecule has 0 saturated carbocycles. The molecule has 1 aliphatic heterocycles. The van der Waals surface area contributed by atoms with Gasteiger partial charge >= 0.3 is 0 Å². The number of carbonyl (C=O) groups is 2. The average molecular weight is 459 g/mol. The molecule has 0 saturated heterocycles. The summed E-state index contributed by atoms with van der Waals surface area (Å²) in [7, 11) is 0. The quantitative estimate of drug-likeness (QED) is 0.513. The molecule has 0 spiro atoms. The lowest BCUT2D eigenvalue weighted by molar-refractivity contribution is -0.116. The van der Waals surface area contributed by atoms with Crippen molar-refractivity contribution in [3.05, 3.63) is 111 Å². The van der Waals surface area contributed by atoms with Crippen molar-refractivity contribution in [2.24, 2.45) is 0 Å². The van der Waals surface area contributed by atoms with Gasteiger partial charge in [-0.1, -0.05) is 36.4 Å². The van der Waals surface area contributed by atoms with Gasteiger partial charge in [0.15, 0.2) is 5.78 Å². The SMILES string of the molecule is CC1=C(C(=O)Nc2ccc(F)cc2)[C@@H](c2cccs2)C2=C(C[C@@H](c3ccccc3)CC2=O)N1. The van der Waals surface area contributed by atoms with Crippen LogP contribution in [-0.4, -0.2) is 11.7 Å². The molecule has 4 nitrogen and oxygen atoms in total. The number of hydrogen-bond donors (Lipinski definition) is 2. The van der Waals surface area contributed by atoms with Crippen LogP contribution < -0.4 is 10.6 Å². The van der Waals surface area contributed by atoms with Crippen molar-refractivity contribution in [1.82, 2.24) is 5.32 Å². The molecule has 0 fully saturated rings. The first kappa shape index (κ1) is 21.3. The Morgan fingerprint density at radius 1 is 1.03 bits per heavy atom. The van der Waals surface area contributed by atoms with Gasteiger partial charge in [0.25, 0.3) is 5.91 Å². The van der Waals surface area contributed by atoms with E-state index >= 15 is 0 Å². The number of nitrogens with one attached hydrogen (secondary N) is 2. The van der Waals surface area contributed by atoms with Crippen LogP contribution in [0.5, 0.6) is 0 Å². The standard InChI is InChI=1S/C27H23FN2O2S/c1-16-24(27(32)30-20-11-9-19(28)10-12-20)26(23-8-5-13-33-23)25-21(29-16)14-18(15-22(25)31)17-6-3-2-4-7-17/h2-13,18,26,29H,14-15H2,1H3,(H,30,32)/t18-,26-/m1/s1. The maximum Gasteiger partial charge on any atom is 0.254 e. The lowest BCUT2D eigenvalue weighted by atomic mass is 9.73. The summed E-state index contributed by atoms with van der Waals surface area (Å²) in [4.78, 5) is 27.9. The van der Waals surface area contributed by atoms with Gasteiger partial charge < -0.3 is 10.6 Å². The number of Topliss-reactive ketones (excluding diaryl/α,β-unsaturated/α-hetero) is 1. The van der Waals surface area contributed by atoms with Crippen LogP contribution in [0.15, 0.2) is 94.7 Å². The molecule has 2 heterocycles. The number of allylic oxidation sites excluding steroid dienone is 3. The number of thiophene rings is 1. The fourth-order valence-corrected chi connectivity index (χ4v) is 5.62. The monoisotopic (exact) mass is 458 g/mol. The van der Waals surface area contributed by atoms with Crippen molar-refractivity contribution in [1.29, 1.82) is 0 Å². The highest BCUT2D eigenvalue weighted by atomic mass is 32.1. The van der Waals surface area contributed by atoms with Crippen molar-refractivity contribution in [3.63, 3.8) is 0 Å². The topological polar surface area (TPSA) is 58.2 Å². The summed E-state index contributed by atoms with van der Waals surface area (Å²) in [5.74, 6) is -0.915. The van der Waals surface area contributed by atoms with Gasteiger partial charge in [0.05, 0.1) is 5.92 Å². The number of amides is 1. The minimum Gasteiger partial charge on any atom is -0.362 e. The molecule has 0 radical (unpaired) electrons. The third-order valence-electron chi connectivity index (χ3n) is 6.27. The van der Waals surface area contributed by atoms with Crippen LogP contribution in [0.2, 0.25) is 0 Å². The van der Waals surface area contributed by atoms with Gasteiger partial charge in [-0.05, 0) is 60.5 Å². The molecule has 3 aromatic rings. The van der Waals surface area contributed by atoms with Crippen molar-refractivity contribution >= 4 is 28.7 Å². The van der Waals surface area contributed by atoms with E-state index in [2.05, 4.69) is 22.8 Å². The Morgan fingerprint density at radius 2 is 1.79 bits per heavy atom. The summed E-state index contributed by atoms with van der Waals surface area (Å²) >= 11 is 1.54. The van der Waals surface area contributed by atoms with Gasteiger partial charge in [-0.15, -0.1) is 11.3 Å². The summed E-state index contributed by atoms with van der Waals surface area (Å²) in [6.45, 7) is 1.88. The number of rotatable bonds is 4. The average Bonchev–Trinajstić information content (AvgIpc) is 3.35. The Bertz CT molecular complexity index is 1260. The van der Waals surface area contributed by atoms with Crippen LogP contribution in [-0.2, 0) is 9.59 Å². The first-order valence-electron chi connectivity index (χ1n) is 10.9. The number of halogens is 1. The Labute approximate surface area is 195 Å². The van der Waals surface area contributed by atoms with Gasteiger partial charge in [-0.25, -0.2) is 4.39 Å². The summed E-state index contributed by atoms with van der Waals surface area (Å²) in [6.07, 6.45) is 1.13. The van der Waals surface area contributed by atoms with Crippen LogP contribution in [0.1, 0.15) is 42.0 Å². The largest absolute Gasteiger partial charge is 0.362 e. The fraction of sp³-hybridized carbons (Fsp3) is 0.185. The van der Waals surface area contributed by atoms with Crippen LogP contribution in [0.25, 0.3) is 0 Å². The van der Waals surface area contributed by atoms with Crippen molar-refractivity contribution < 1.29 is 14.0 Å². The smallest absolute Gasteiger partial charge is 0.254 e. The predicted octanol–water partition coefficient (Wildman–Crippen LogP) is 5.89. The fourth-order valence-electron chi connectivity index (χ4n) is 4.77.